The highest BCUT2D eigenvalue weighted by atomic mass is 32.2. The van der Waals surface area contributed by atoms with Crippen LogP contribution in [-0.4, -0.2) is 20.9 Å². The summed E-state index contributed by atoms with van der Waals surface area (Å²) in [5, 5.41) is 0. The second kappa shape index (κ2) is 7.44. The van der Waals surface area contributed by atoms with E-state index in [1.54, 1.807) is 29.2 Å². The van der Waals surface area contributed by atoms with Crippen molar-refractivity contribution in [1.82, 2.24) is 4.72 Å². The largest absolute Gasteiger partial charge is 0.312 e. The maximum Gasteiger partial charge on any atom is 0.241 e. The molecule has 144 valence electrons. The van der Waals surface area contributed by atoms with Crippen LogP contribution in [0.2, 0.25) is 0 Å². The number of carbonyl (C=O) groups excluding carboxylic acids is 1. The molecular weight excluding hydrogens is 360 g/mol. The van der Waals surface area contributed by atoms with E-state index in [0.29, 0.717) is 13.0 Å². The van der Waals surface area contributed by atoms with Gasteiger partial charge in [-0.1, -0.05) is 12.1 Å². The van der Waals surface area contributed by atoms with Gasteiger partial charge in [-0.05, 0) is 80.6 Å². The molecule has 0 aromatic heterocycles. The highest BCUT2D eigenvalue weighted by molar-refractivity contribution is 7.89. The molecule has 0 radical (unpaired) electrons. The third kappa shape index (κ3) is 4.06. The van der Waals surface area contributed by atoms with E-state index in [1.807, 2.05) is 33.8 Å². The highest BCUT2D eigenvalue weighted by Crippen LogP contribution is 2.25. The van der Waals surface area contributed by atoms with Crippen molar-refractivity contribution in [3.8, 4) is 0 Å². The zero-order chi connectivity index (χ0) is 19.8. The van der Waals surface area contributed by atoms with Gasteiger partial charge in [-0.25, -0.2) is 13.1 Å². The Kier molecular flexibility index (Phi) is 5.40. The Morgan fingerprint density at radius 2 is 1.63 bits per heavy atom. The van der Waals surface area contributed by atoms with Gasteiger partial charge in [0.05, 0.1) is 4.90 Å². The standard InChI is InChI=1S/C21H26N2O3S/c1-14-12-16(3)20(13-15(14)2)17(4)22-27(25,26)19-9-7-18(8-10-19)23-11-5-6-21(23)24/h7-10,12-13,17,22H,5-6,11H2,1-4H3. The van der Waals surface area contributed by atoms with Crippen LogP contribution in [0.4, 0.5) is 5.69 Å². The Morgan fingerprint density at radius 3 is 2.22 bits per heavy atom. The third-order valence-corrected chi connectivity index (χ3v) is 6.77. The van der Waals surface area contributed by atoms with Gasteiger partial charge >= 0.3 is 0 Å². The van der Waals surface area contributed by atoms with Crippen molar-refractivity contribution in [2.75, 3.05) is 11.4 Å². The molecule has 0 bridgehead atoms. The molecule has 5 nitrogen and oxygen atoms in total. The van der Waals surface area contributed by atoms with E-state index in [1.165, 1.54) is 5.56 Å². The van der Waals surface area contributed by atoms with Gasteiger partial charge in [0.2, 0.25) is 15.9 Å². The van der Waals surface area contributed by atoms with Crippen LogP contribution in [0.3, 0.4) is 0 Å². The average molecular weight is 387 g/mol. The van der Waals surface area contributed by atoms with Crippen LogP contribution in [0.25, 0.3) is 0 Å². The first-order valence-corrected chi connectivity index (χ1v) is 10.7. The summed E-state index contributed by atoms with van der Waals surface area (Å²) in [5.41, 5.74) is 5.12. The summed E-state index contributed by atoms with van der Waals surface area (Å²) in [6.45, 7) is 8.61. The predicted molar refractivity (Wildman–Crippen MR) is 107 cm³/mol. The molecule has 27 heavy (non-hydrogen) atoms. The number of hydrogen-bond acceptors (Lipinski definition) is 3. The third-order valence-electron chi connectivity index (χ3n) is 5.21. The van der Waals surface area contributed by atoms with Crippen LogP contribution in [0.1, 0.15) is 48.1 Å². The number of hydrogen-bond donors (Lipinski definition) is 1. The molecule has 1 atom stereocenters. The summed E-state index contributed by atoms with van der Waals surface area (Å²) >= 11 is 0. The van der Waals surface area contributed by atoms with Crippen molar-refractivity contribution in [1.29, 1.82) is 0 Å². The maximum atomic E-state index is 12.8. The first-order valence-electron chi connectivity index (χ1n) is 9.19. The summed E-state index contributed by atoms with van der Waals surface area (Å²) < 4.78 is 28.3. The van der Waals surface area contributed by atoms with E-state index in [0.717, 1.165) is 28.8 Å². The first kappa shape index (κ1) is 19.6. The molecule has 1 N–H and O–H groups in total. The molecule has 0 aliphatic carbocycles. The fourth-order valence-corrected chi connectivity index (χ4v) is 4.76. The lowest BCUT2D eigenvalue weighted by molar-refractivity contribution is -0.117. The number of sulfonamides is 1. The average Bonchev–Trinajstić information content (AvgIpc) is 3.03. The van der Waals surface area contributed by atoms with Crippen LogP contribution in [-0.2, 0) is 14.8 Å². The van der Waals surface area contributed by atoms with Crippen LogP contribution >= 0.6 is 0 Å². The van der Waals surface area contributed by atoms with E-state index in [9.17, 15) is 13.2 Å². The summed E-state index contributed by atoms with van der Waals surface area (Å²) in [5.74, 6) is 0.0857. The highest BCUT2D eigenvalue weighted by Gasteiger charge is 2.23. The SMILES string of the molecule is Cc1cc(C)c(C(C)NS(=O)(=O)c2ccc(N3CCCC3=O)cc2)cc1C. The minimum absolute atomic E-state index is 0.0857. The topological polar surface area (TPSA) is 66.5 Å². The summed E-state index contributed by atoms with van der Waals surface area (Å²) in [6, 6.07) is 10.3. The van der Waals surface area contributed by atoms with Crippen molar-refractivity contribution >= 4 is 21.6 Å². The van der Waals surface area contributed by atoms with Gasteiger partial charge in [0, 0.05) is 24.7 Å². The van der Waals surface area contributed by atoms with Crippen LogP contribution in [0.15, 0.2) is 41.3 Å². The molecule has 0 spiro atoms. The molecule has 1 fully saturated rings. The van der Waals surface area contributed by atoms with Gasteiger partial charge in [0.1, 0.15) is 0 Å². The second-order valence-corrected chi connectivity index (χ2v) is 8.99. The fraction of sp³-hybridized carbons (Fsp3) is 0.381. The van der Waals surface area contributed by atoms with Gasteiger partial charge < -0.3 is 4.90 Å². The fourth-order valence-electron chi connectivity index (χ4n) is 3.54. The van der Waals surface area contributed by atoms with Gasteiger partial charge in [-0.15, -0.1) is 0 Å². The van der Waals surface area contributed by atoms with Crippen molar-refractivity contribution < 1.29 is 13.2 Å². The molecule has 6 heteroatoms. The molecule has 2 aromatic rings. The Morgan fingerprint density at radius 1 is 1.00 bits per heavy atom. The van der Waals surface area contributed by atoms with E-state index >= 15 is 0 Å². The molecule has 3 rings (SSSR count). The lowest BCUT2D eigenvalue weighted by Crippen LogP contribution is -2.28. The number of nitrogens with one attached hydrogen (secondary N) is 1. The van der Waals surface area contributed by atoms with Crippen molar-refractivity contribution in [3.05, 3.63) is 58.7 Å². The Labute approximate surface area is 161 Å². The van der Waals surface area contributed by atoms with Gasteiger partial charge in [-0.2, -0.15) is 0 Å². The quantitative estimate of drug-likeness (QED) is 0.850. The van der Waals surface area contributed by atoms with E-state index in [2.05, 4.69) is 10.8 Å². The summed E-state index contributed by atoms with van der Waals surface area (Å²) in [7, 11) is -3.65. The van der Waals surface area contributed by atoms with Crippen LogP contribution < -0.4 is 9.62 Å². The zero-order valence-corrected chi connectivity index (χ0v) is 17.1. The lowest BCUT2D eigenvalue weighted by Gasteiger charge is -2.19. The maximum absolute atomic E-state index is 12.8. The van der Waals surface area contributed by atoms with Gasteiger partial charge in [0.15, 0.2) is 0 Å². The van der Waals surface area contributed by atoms with Crippen molar-refractivity contribution in [2.24, 2.45) is 0 Å². The lowest BCUT2D eigenvalue weighted by atomic mass is 9.97. The van der Waals surface area contributed by atoms with Crippen molar-refractivity contribution in [2.45, 2.75) is 51.5 Å². The van der Waals surface area contributed by atoms with Crippen LogP contribution in [0.5, 0.6) is 0 Å². The molecule has 1 heterocycles. The smallest absolute Gasteiger partial charge is 0.241 e. The van der Waals surface area contributed by atoms with Gasteiger partial charge in [0.25, 0.3) is 0 Å². The second-order valence-electron chi connectivity index (χ2n) is 7.28. The molecule has 1 aliphatic rings. The molecule has 1 amide bonds. The molecular formula is C21H26N2O3S. The minimum atomic E-state index is -3.65. The number of aryl methyl sites for hydroxylation is 3. The molecule has 2 aromatic carbocycles. The predicted octanol–water partition coefficient (Wildman–Crippen LogP) is 3.78. The van der Waals surface area contributed by atoms with E-state index in [-0.39, 0.29) is 16.8 Å². The van der Waals surface area contributed by atoms with E-state index in [4.69, 9.17) is 0 Å². The van der Waals surface area contributed by atoms with E-state index < -0.39 is 10.0 Å². The molecule has 0 saturated carbocycles. The first-order chi connectivity index (χ1) is 12.7. The summed E-state index contributed by atoms with van der Waals surface area (Å²) in [6.07, 6.45) is 1.39. The number of rotatable bonds is 5. The molecule has 1 aliphatic heterocycles. The van der Waals surface area contributed by atoms with Gasteiger partial charge in [-0.3, -0.25) is 4.79 Å². The number of nitrogens with zero attached hydrogens (tertiary/aromatic N) is 1. The van der Waals surface area contributed by atoms with Crippen molar-refractivity contribution in [3.63, 3.8) is 0 Å². The number of anilines is 1. The minimum Gasteiger partial charge on any atom is -0.312 e. The monoisotopic (exact) mass is 386 g/mol. The number of carbonyl (C=O) groups is 1. The number of amides is 1. The Balaban J connectivity index is 1.80. The number of benzene rings is 2. The summed E-state index contributed by atoms with van der Waals surface area (Å²) in [4.78, 5) is 13.7. The molecule has 1 saturated heterocycles. The Bertz CT molecular complexity index is 966. The van der Waals surface area contributed by atoms with Crippen LogP contribution in [0, 0.1) is 20.8 Å². The normalized spacial score (nSPS) is 16.0. The zero-order valence-electron chi connectivity index (χ0n) is 16.2. The Hall–Kier alpha value is -2.18. The molecule has 1 unspecified atom stereocenters.